The van der Waals surface area contributed by atoms with Gasteiger partial charge in [-0.2, -0.15) is 10.4 Å². The van der Waals surface area contributed by atoms with Crippen molar-refractivity contribution in [3.63, 3.8) is 0 Å². The first-order valence-electron chi connectivity index (χ1n) is 5.22. The molecular formula is C11H14N4O2. The molecule has 1 aromatic rings. The molecule has 0 bridgehead atoms. The summed E-state index contributed by atoms with van der Waals surface area (Å²) >= 11 is 0. The first-order chi connectivity index (χ1) is 8.03. The van der Waals surface area contributed by atoms with Crippen molar-refractivity contribution in [3.8, 4) is 6.07 Å². The van der Waals surface area contributed by atoms with Crippen LogP contribution in [-0.2, 0) is 4.79 Å². The maximum Gasteiger partial charge on any atom is 0.311 e. The highest BCUT2D eigenvalue weighted by Crippen LogP contribution is 2.22. The van der Waals surface area contributed by atoms with Crippen molar-refractivity contribution in [2.75, 3.05) is 11.9 Å². The molecular weight excluding hydrogens is 220 g/mol. The second-order valence-corrected chi connectivity index (χ2v) is 3.98. The second-order valence-electron chi connectivity index (χ2n) is 3.98. The number of hydrogen-bond acceptors (Lipinski definition) is 5. The van der Waals surface area contributed by atoms with Crippen LogP contribution in [0.5, 0.6) is 0 Å². The van der Waals surface area contributed by atoms with Crippen molar-refractivity contribution >= 4 is 11.8 Å². The van der Waals surface area contributed by atoms with Gasteiger partial charge in [0.1, 0.15) is 6.07 Å². The van der Waals surface area contributed by atoms with E-state index in [1.54, 1.807) is 13.8 Å². The summed E-state index contributed by atoms with van der Waals surface area (Å²) in [6.07, 6.45) is 1.90. The van der Waals surface area contributed by atoms with Gasteiger partial charge in [0, 0.05) is 6.54 Å². The fourth-order valence-electron chi connectivity index (χ4n) is 1.18. The molecule has 2 N–H and O–H groups in total. The molecule has 0 amide bonds. The average molecular weight is 234 g/mol. The van der Waals surface area contributed by atoms with E-state index >= 15 is 0 Å². The summed E-state index contributed by atoms with van der Waals surface area (Å²) in [5, 5.41) is 28.2. The SMILES string of the molecule is CCC(C)(CNc1nnccc1C#N)C(=O)O. The Labute approximate surface area is 99.3 Å². The highest BCUT2D eigenvalue weighted by atomic mass is 16.4. The predicted octanol–water partition coefficient (Wildman–Crippen LogP) is 1.26. The Kier molecular flexibility index (Phi) is 3.99. The Bertz CT molecular complexity index is 455. The standard InChI is InChI=1S/C11H14N4O2/c1-3-11(2,10(16)17)7-13-9-8(6-12)4-5-14-15-9/h4-5H,3,7H2,1-2H3,(H,13,15)(H,16,17). The van der Waals surface area contributed by atoms with E-state index in [1.807, 2.05) is 6.07 Å². The lowest BCUT2D eigenvalue weighted by atomic mass is 9.88. The lowest BCUT2D eigenvalue weighted by Crippen LogP contribution is -2.34. The number of hydrogen-bond donors (Lipinski definition) is 2. The minimum atomic E-state index is -0.885. The van der Waals surface area contributed by atoms with Gasteiger partial charge in [-0.25, -0.2) is 0 Å². The smallest absolute Gasteiger partial charge is 0.311 e. The van der Waals surface area contributed by atoms with E-state index in [0.29, 0.717) is 17.8 Å². The first kappa shape index (κ1) is 12.9. The van der Waals surface area contributed by atoms with Crippen LogP contribution in [0.2, 0.25) is 0 Å². The van der Waals surface area contributed by atoms with E-state index in [1.165, 1.54) is 12.3 Å². The van der Waals surface area contributed by atoms with E-state index in [2.05, 4.69) is 15.5 Å². The van der Waals surface area contributed by atoms with Gasteiger partial charge in [0.2, 0.25) is 0 Å². The van der Waals surface area contributed by atoms with E-state index in [4.69, 9.17) is 10.4 Å². The van der Waals surface area contributed by atoms with Gasteiger partial charge in [-0.05, 0) is 19.4 Å². The molecule has 1 rings (SSSR count). The van der Waals surface area contributed by atoms with E-state index in [-0.39, 0.29) is 6.54 Å². The normalized spacial score (nSPS) is 13.5. The number of nitrogens with zero attached hydrogens (tertiary/aromatic N) is 3. The summed E-state index contributed by atoms with van der Waals surface area (Å²) in [6.45, 7) is 3.65. The number of carboxylic acids is 1. The maximum absolute atomic E-state index is 11.1. The van der Waals surface area contributed by atoms with Crippen LogP contribution < -0.4 is 5.32 Å². The third kappa shape index (κ3) is 2.91. The monoisotopic (exact) mass is 234 g/mol. The number of anilines is 1. The van der Waals surface area contributed by atoms with Gasteiger partial charge in [-0.3, -0.25) is 4.79 Å². The Morgan fingerprint density at radius 2 is 2.41 bits per heavy atom. The van der Waals surface area contributed by atoms with E-state index in [0.717, 1.165) is 0 Å². The zero-order valence-electron chi connectivity index (χ0n) is 9.77. The van der Waals surface area contributed by atoms with Crippen LogP contribution in [0.1, 0.15) is 25.8 Å². The lowest BCUT2D eigenvalue weighted by Gasteiger charge is -2.23. The lowest BCUT2D eigenvalue weighted by molar-refractivity contribution is -0.147. The third-order valence-corrected chi connectivity index (χ3v) is 2.78. The molecule has 1 atom stereocenters. The summed E-state index contributed by atoms with van der Waals surface area (Å²) in [4.78, 5) is 11.1. The van der Waals surface area contributed by atoms with Crippen molar-refractivity contribution < 1.29 is 9.90 Å². The molecule has 0 aliphatic heterocycles. The number of carboxylic acid groups (broad SMARTS) is 1. The number of nitriles is 1. The van der Waals surface area contributed by atoms with Crippen molar-refractivity contribution in [2.45, 2.75) is 20.3 Å². The highest BCUT2D eigenvalue weighted by molar-refractivity contribution is 5.75. The molecule has 0 aliphatic carbocycles. The van der Waals surface area contributed by atoms with Crippen molar-refractivity contribution in [1.82, 2.24) is 10.2 Å². The predicted molar refractivity (Wildman–Crippen MR) is 61.3 cm³/mol. The molecule has 17 heavy (non-hydrogen) atoms. The van der Waals surface area contributed by atoms with Gasteiger partial charge in [0.15, 0.2) is 5.82 Å². The van der Waals surface area contributed by atoms with Crippen LogP contribution in [0.25, 0.3) is 0 Å². The topological polar surface area (TPSA) is 98.9 Å². The van der Waals surface area contributed by atoms with Crippen LogP contribution in [0.3, 0.4) is 0 Å². The van der Waals surface area contributed by atoms with Gasteiger partial charge in [-0.1, -0.05) is 6.92 Å². The molecule has 1 aromatic heterocycles. The van der Waals surface area contributed by atoms with E-state index < -0.39 is 11.4 Å². The largest absolute Gasteiger partial charge is 0.481 e. The molecule has 1 heterocycles. The Hall–Kier alpha value is -2.16. The van der Waals surface area contributed by atoms with Gasteiger partial charge >= 0.3 is 5.97 Å². The molecule has 0 radical (unpaired) electrons. The number of carbonyl (C=O) groups is 1. The van der Waals surface area contributed by atoms with Gasteiger partial charge in [0.25, 0.3) is 0 Å². The summed E-state index contributed by atoms with van der Waals surface area (Å²) in [7, 11) is 0. The minimum Gasteiger partial charge on any atom is -0.481 e. The van der Waals surface area contributed by atoms with Crippen molar-refractivity contribution in [3.05, 3.63) is 17.8 Å². The molecule has 0 saturated carbocycles. The third-order valence-electron chi connectivity index (χ3n) is 2.78. The van der Waals surface area contributed by atoms with Crippen LogP contribution >= 0.6 is 0 Å². The molecule has 6 heteroatoms. The Morgan fingerprint density at radius 3 is 2.94 bits per heavy atom. The fourth-order valence-corrected chi connectivity index (χ4v) is 1.18. The van der Waals surface area contributed by atoms with E-state index in [9.17, 15) is 4.79 Å². The molecule has 0 saturated heterocycles. The molecule has 0 aromatic carbocycles. The highest BCUT2D eigenvalue weighted by Gasteiger charge is 2.31. The summed E-state index contributed by atoms with van der Waals surface area (Å²) in [6, 6.07) is 3.49. The fraction of sp³-hybridized carbons (Fsp3) is 0.455. The molecule has 0 aliphatic rings. The minimum absolute atomic E-state index is 0.201. The van der Waals surface area contributed by atoms with Crippen LogP contribution in [0, 0.1) is 16.7 Å². The van der Waals surface area contributed by atoms with Crippen LogP contribution in [0.15, 0.2) is 12.3 Å². The van der Waals surface area contributed by atoms with Crippen molar-refractivity contribution in [1.29, 1.82) is 5.26 Å². The molecule has 90 valence electrons. The molecule has 0 fully saturated rings. The summed E-state index contributed by atoms with van der Waals surface area (Å²) < 4.78 is 0. The van der Waals surface area contributed by atoms with Gasteiger partial charge < -0.3 is 10.4 Å². The van der Waals surface area contributed by atoms with Gasteiger partial charge in [0.05, 0.1) is 17.2 Å². The summed E-state index contributed by atoms with van der Waals surface area (Å²) in [5.74, 6) is -0.564. The molecule has 1 unspecified atom stereocenters. The number of nitrogens with one attached hydrogen (secondary N) is 1. The molecule has 0 spiro atoms. The first-order valence-corrected chi connectivity index (χ1v) is 5.22. The average Bonchev–Trinajstić information content (AvgIpc) is 2.36. The van der Waals surface area contributed by atoms with Crippen LogP contribution in [-0.4, -0.2) is 27.8 Å². The van der Waals surface area contributed by atoms with Crippen LogP contribution in [0.4, 0.5) is 5.82 Å². The van der Waals surface area contributed by atoms with Crippen molar-refractivity contribution in [2.24, 2.45) is 5.41 Å². The number of aromatic nitrogens is 2. The Morgan fingerprint density at radius 1 is 1.71 bits per heavy atom. The number of aliphatic carboxylic acids is 1. The molecule has 6 nitrogen and oxygen atoms in total. The summed E-state index contributed by atoms with van der Waals surface area (Å²) in [5.41, 5.74) is -0.534. The number of rotatable bonds is 5. The maximum atomic E-state index is 11.1. The zero-order valence-corrected chi connectivity index (χ0v) is 9.77. The zero-order chi connectivity index (χ0) is 12.9. The second kappa shape index (κ2) is 5.25. The van der Waals surface area contributed by atoms with Gasteiger partial charge in [-0.15, -0.1) is 5.10 Å². The quantitative estimate of drug-likeness (QED) is 0.795. The Balaban J connectivity index is 2.80.